The fourth-order valence-corrected chi connectivity index (χ4v) is 1.38. The van der Waals surface area contributed by atoms with E-state index in [0.717, 1.165) is 18.9 Å². The maximum Gasteiger partial charge on any atom is 0.387 e. The van der Waals surface area contributed by atoms with E-state index < -0.39 is 12.5 Å². The SMILES string of the molecule is O=C(NC1CC1)c1cc(O)cc(OC(F)F)c1. The monoisotopic (exact) mass is 243 g/mol. The highest BCUT2D eigenvalue weighted by Gasteiger charge is 2.24. The van der Waals surface area contributed by atoms with Gasteiger partial charge in [-0.1, -0.05) is 0 Å². The summed E-state index contributed by atoms with van der Waals surface area (Å²) < 4.78 is 28.1. The maximum atomic E-state index is 12.0. The molecule has 1 aliphatic carbocycles. The van der Waals surface area contributed by atoms with Crippen molar-refractivity contribution in [1.82, 2.24) is 5.32 Å². The molecule has 0 bridgehead atoms. The number of nitrogens with one attached hydrogen (secondary N) is 1. The van der Waals surface area contributed by atoms with E-state index >= 15 is 0 Å². The minimum Gasteiger partial charge on any atom is -0.508 e. The number of ether oxygens (including phenoxy) is 1. The molecule has 0 spiro atoms. The Morgan fingerprint density at radius 2 is 2.12 bits per heavy atom. The molecule has 2 rings (SSSR count). The van der Waals surface area contributed by atoms with E-state index in [1.165, 1.54) is 12.1 Å². The van der Waals surface area contributed by atoms with E-state index in [-0.39, 0.29) is 23.1 Å². The van der Waals surface area contributed by atoms with Crippen molar-refractivity contribution in [2.45, 2.75) is 25.5 Å². The molecule has 0 atom stereocenters. The number of aromatic hydroxyl groups is 1. The number of amides is 1. The highest BCUT2D eigenvalue weighted by molar-refractivity contribution is 5.95. The summed E-state index contributed by atoms with van der Waals surface area (Å²) in [4.78, 5) is 11.6. The molecule has 0 radical (unpaired) electrons. The molecule has 1 amide bonds. The Morgan fingerprint density at radius 3 is 2.71 bits per heavy atom. The third kappa shape index (κ3) is 3.30. The number of halogens is 2. The van der Waals surface area contributed by atoms with Crippen LogP contribution in [0.1, 0.15) is 23.2 Å². The van der Waals surface area contributed by atoms with Crippen LogP contribution in [0.5, 0.6) is 11.5 Å². The van der Waals surface area contributed by atoms with E-state index in [9.17, 15) is 18.7 Å². The van der Waals surface area contributed by atoms with Gasteiger partial charge in [-0.25, -0.2) is 0 Å². The molecule has 92 valence electrons. The van der Waals surface area contributed by atoms with E-state index in [4.69, 9.17) is 0 Å². The summed E-state index contributed by atoms with van der Waals surface area (Å²) in [5.74, 6) is -0.924. The molecule has 6 heteroatoms. The number of rotatable bonds is 4. The number of phenolic OH excluding ortho intramolecular Hbond substituents is 1. The number of carbonyl (C=O) groups excluding carboxylic acids is 1. The second kappa shape index (κ2) is 4.57. The van der Waals surface area contributed by atoms with Gasteiger partial charge in [-0.05, 0) is 25.0 Å². The van der Waals surface area contributed by atoms with Gasteiger partial charge in [0.05, 0.1) is 0 Å². The lowest BCUT2D eigenvalue weighted by molar-refractivity contribution is -0.0499. The topological polar surface area (TPSA) is 58.6 Å². The molecular weight excluding hydrogens is 232 g/mol. The third-order valence-corrected chi connectivity index (χ3v) is 2.29. The van der Waals surface area contributed by atoms with E-state index in [2.05, 4.69) is 10.1 Å². The summed E-state index contributed by atoms with van der Waals surface area (Å²) in [6, 6.07) is 3.56. The molecule has 1 saturated carbocycles. The quantitative estimate of drug-likeness (QED) is 0.848. The molecule has 1 aliphatic rings. The lowest BCUT2D eigenvalue weighted by Crippen LogP contribution is -2.25. The number of benzene rings is 1. The number of alkyl halides is 2. The molecule has 17 heavy (non-hydrogen) atoms. The zero-order valence-corrected chi connectivity index (χ0v) is 8.82. The molecule has 4 nitrogen and oxygen atoms in total. The molecule has 2 N–H and O–H groups in total. The number of hydrogen-bond donors (Lipinski definition) is 2. The molecule has 1 aromatic rings. The molecule has 0 aliphatic heterocycles. The van der Waals surface area contributed by atoms with Gasteiger partial charge in [-0.2, -0.15) is 8.78 Å². The second-order valence-corrected chi connectivity index (χ2v) is 3.84. The fourth-order valence-electron chi connectivity index (χ4n) is 1.38. The number of carbonyl (C=O) groups is 1. The Labute approximate surface area is 96.2 Å². The van der Waals surface area contributed by atoms with Crippen LogP contribution < -0.4 is 10.1 Å². The van der Waals surface area contributed by atoms with Gasteiger partial charge >= 0.3 is 6.61 Å². The van der Waals surface area contributed by atoms with E-state index in [0.29, 0.717) is 0 Å². The Hall–Kier alpha value is -1.85. The lowest BCUT2D eigenvalue weighted by atomic mass is 10.2. The van der Waals surface area contributed by atoms with Crippen LogP contribution in [0.25, 0.3) is 0 Å². The fraction of sp³-hybridized carbons (Fsp3) is 0.364. The van der Waals surface area contributed by atoms with Gasteiger partial charge in [0.2, 0.25) is 0 Å². The van der Waals surface area contributed by atoms with Crippen molar-refractivity contribution >= 4 is 5.91 Å². The Bertz CT molecular complexity index is 433. The van der Waals surface area contributed by atoms with Crippen LogP contribution in [-0.2, 0) is 0 Å². The highest BCUT2D eigenvalue weighted by Crippen LogP contribution is 2.25. The first-order valence-corrected chi connectivity index (χ1v) is 5.14. The van der Waals surface area contributed by atoms with Crippen molar-refractivity contribution in [3.05, 3.63) is 23.8 Å². The van der Waals surface area contributed by atoms with Crippen molar-refractivity contribution in [2.24, 2.45) is 0 Å². The van der Waals surface area contributed by atoms with Crippen molar-refractivity contribution in [1.29, 1.82) is 0 Å². The van der Waals surface area contributed by atoms with Gasteiger partial charge in [0.15, 0.2) is 0 Å². The van der Waals surface area contributed by atoms with Crippen LogP contribution in [0.4, 0.5) is 8.78 Å². The average Bonchev–Trinajstić information content (AvgIpc) is 2.99. The average molecular weight is 243 g/mol. The first-order valence-electron chi connectivity index (χ1n) is 5.14. The second-order valence-electron chi connectivity index (χ2n) is 3.84. The zero-order valence-electron chi connectivity index (χ0n) is 8.82. The van der Waals surface area contributed by atoms with Gasteiger partial charge in [0, 0.05) is 17.7 Å². The van der Waals surface area contributed by atoms with Gasteiger partial charge in [-0.3, -0.25) is 4.79 Å². The smallest absolute Gasteiger partial charge is 0.387 e. The largest absolute Gasteiger partial charge is 0.508 e. The molecular formula is C11H11F2NO3. The van der Waals surface area contributed by atoms with E-state index in [1.807, 2.05) is 0 Å². The van der Waals surface area contributed by atoms with Crippen LogP contribution in [0.15, 0.2) is 18.2 Å². The van der Waals surface area contributed by atoms with Gasteiger partial charge < -0.3 is 15.2 Å². The van der Waals surface area contributed by atoms with Gasteiger partial charge in [-0.15, -0.1) is 0 Å². The summed E-state index contributed by atoms with van der Waals surface area (Å²) in [7, 11) is 0. The third-order valence-electron chi connectivity index (χ3n) is 2.29. The Balaban J connectivity index is 2.14. The van der Waals surface area contributed by atoms with E-state index in [1.54, 1.807) is 0 Å². The minimum atomic E-state index is -2.99. The van der Waals surface area contributed by atoms with Crippen LogP contribution >= 0.6 is 0 Å². The first kappa shape index (κ1) is 11.6. The van der Waals surface area contributed by atoms with Crippen molar-refractivity contribution in [3.63, 3.8) is 0 Å². The van der Waals surface area contributed by atoms with Crippen molar-refractivity contribution < 1.29 is 23.4 Å². The summed E-state index contributed by atoms with van der Waals surface area (Å²) in [6.07, 6.45) is 1.84. The normalized spacial score (nSPS) is 14.8. The summed E-state index contributed by atoms with van der Waals surface area (Å²) >= 11 is 0. The molecule has 0 saturated heterocycles. The predicted octanol–water partition coefficient (Wildman–Crippen LogP) is 1.89. The minimum absolute atomic E-state index is 0.104. The first-order chi connectivity index (χ1) is 8.04. The van der Waals surface area contributed by atoms with Crippen molar-refractivity contribution in [3.8, 4) is 11.5 Å². The van der Waals surface area contributed by atoms with Crippen LogP contribution in [0.3, 0.4) is 0 Å². The lowest BCUT2D eigenvalue weighted by Gasteiger charge is -2.08. The summed E-state index contributed by atoms with van der Waals surface area (Å²) in [5, 5.41) is 12.0. The summed E-state index contributed by atoms with van der Waals surface area (Å²) in [5.41, 5.74) is 0.104. The summed E-state index contributed by atoms with van der Waals surface area (Å²) in [6.45, 7) is -2.99. The molecule has 0 aromatic heterocycles. The highest BCUT2D eigenvalue weighted by atomic mass is 19.3. The predicted molar refractivity (Wildman–Crippen MR) is 55.2 cm³/mol. The van der Waals surface area contributed by atoms with Crippen LogP contribution in [0.2, 0.25) is 0 Å². The molecule has 0 unspecified atom stereocenters. The molecule has 0 heterocycles. The van der Waals surface area contributed by atoms with Gasteiger partial charge in [0.1, 0.15) is 11.5 Å². The standard InChI is InChI=1S/C11H11F2NO3/c12-11(13)17-9-4-6(3-8(15)5-9)10(16)14-7-1-2-7/h3-5,7,11,15H,1-2H2,(H,14,16). The van der Waals surface area contributed by atoms with Crippen molar-refractivity contribution in [2.75, 3.05) is 0 Å². The molecule has 1 aromatic carbocycles. The molecule has 1 fully saturated rings. The van der Waals surface area contributed by atoms with Crippen LogP contribution in [0, 0.1) is 0 Å². The van der Waals surface area contributed by atoms with Gasteiger partial charge in [0.25, 0.3) is 5.91 Å². The Kier molecular flexibility index (Phi) is 3.12. The Morgan fingerprint density at radius 1 is 1.41 bits per heavy atom. The number of phenols is 1. The zero-order chi connectivity index (χ0) is 12.4. The maximum absolute atomic E-state index is 12.0. The number of hydrogen-bond acceptors (Lipinski definition) is 3. The van der Waals surface area contributed by atoms with Crippen LogP contribution in [-0.4, -0.2) is 23.7 Å².